The van der Waals surface area contributed by atoms with Crippen LogP contribution in [0.4, 0.5) is 0 Å². The molecule has 17 heavy (non-hydrogen) atoms. The van der Waals surface area contributed by atoms with Crippen molar-refractivity contribution >= 4 is 21.8 Å². The second-order valence-corrected chi connectivity index (χ2v) is 6.35. The summed E-state index contributed by atoms with van der Waals surface area (Å²) in [5.74, 6) is -1.53. The molecular formula is C11H11NO4S. The van der Waals surface area contributed by atoms with Crippen LogP contribution in [0.25, 0.3) is 0 Å². The lowest BCUT2D eigenvalue weighted by molar-refractivity contribution is 0.0764. The van der Waals surface area contributed by atoms with Gasteiger partial charge in [-0.1, -0.05) is 12.1 Å². The largest absolute Gasteiger partial charge is 0.275 e. The fourth-order valence-corrected chi connectivity index (χ4v) is 2.69. The van der Waals surface area contributed by atoms with E-state index in [0.29, 0.717) is 4.31 Å². The van der Waals surface area contributed by atoms with Gasteiger partial charge < -0.3 is 0 Å². The number of hydrogen-bond donors (Lipinski definition) is 0. The van der Waals surface area contributed by atoms with Gasteiger partial charge in [0.1, 0.15) is 0 Å². The van der Waals surface area contributed by atoms with Gasteiger partial charge in [0.15, 0.2) is 0 Å². The lowest BCUT2D eigenvalue weighted by atomic mass is 10.1. The van der Waals surface area contributed by atoms with Crippen LogP contribution in [0.15, 0.2) is 24.3 Å². The Labute approximate surface area is 99.1 Å². The average molecular weight is 253 g/mol. The quantitative estimate of drug-likeness (QED) is 0.738. The van der Waals surface area contributed by atoms with Gasteiger partial charge in [-0.2, -0.15) is 4.31 Å². The van der Waals surface area contributed by atoms with E-state index in [2.05, 4.69) is 0 Å². The van der Waals surface area contributed by atoms with Gasteiger partial charge in [0.25, 0.3) is 11.8 Å². The van der Waals surface area contributed by atoms with Crippen LogP contribution in [-0.4, -0.2) is 29.8 Å². The molecule has 0 spiro atoms. The number of fused-ring (bicyclic) bond motifs is 1. The van der Waals surface area contributed by atoms with E-state index in [4.69, 9.17) is 0 Å². The van der Waals surface area contributed by atoms with Gasteiger partial charge in [-0.15, -0.1) is 0 Å². The molecule has 0 radical (unpaired) electrons. The smallest absolute Gasteiger partial charge is 0.267 e. The first kappa shape index (κ1) is 11.8. The van der Waals surface area contributed by atoms with Gasteiger partial charge in [0.05, 0.1) is 16.4 Å². The minimum atomic E-state index is -3.91. The van der Waals surface area contributed by atoms with Crippen LogP contribution >= 0.6 is 0 Å². The van der Waals surface area contributed by atoms with Gasteiger partial charge in [0, 0.05) is 0 Å². The molecule has 0 saturated carbocycles. The topological polar surface area (TPSA) is 71.5 Å². The van der Waals surface area contributed by atoms with Crippen LogP contribution in [-0.2, 0) is 10.0 Å². The molecule has 0 unspecified atom stereocenters. The predicted molar refractivity (Wildman–Crippen MR) is 61.0 cm³/mol. The molecule has 2 rings (SSSR count). The van der Waals surface area contributed by atoms with Gasteiger partial charge in [-0.3, -0.25) is 9.59 Å². The molecule has 1 heterocycles. The minimum Gasteiger partial charge on any atom is -0.267 e. The number of carbonyl (C=O) groups is 2. The maximum atomic E-state index is 11.9. The van der Waals surface area contributed by atoms with Gasteiger partial charge in [-0.05, 0) is 26.0 Å². The van der Waals surface area contributed by atoms with Crippen molar-refractivity contribution in [3.05, 3.63) is 35.4 Å². The van der Waals surface area contributed by atoms with Gasteiger partial charge >= 0.3 is 0 Å². The van der Waals surface area contributed by atoms with Crippen molar-refractivity contribution in [3.63, 3.8) is 0 Å². The molecule has 0 saturated heterocycles. The summed E-state index contributed by atoms with van der Waals surface area (Å²) in [4.78, 5) is 23.8. The highest BCUT2D eigenvalue weighted by molar-refractivity contribution is 7.90. The highest BCUT2D eigenvalue weighted by atomic mass is 32.2. The SMILES string of the molecule is CC(C)S(=O)(=O)N1C(=O)c2ccccc2C1=O. The number of amides is 2. The van der Waals surface area contributed by atoms with Gasteiger partial charge in [0.2, 0.25) is 10.0 Å². The monoisotopic (exact) mass is 253 g/mol. The van der Waals surface area contributed by atoms with E-state index in [1.54, 1.807) is 12.1 Å². The van der Waals surface area contributed by atoms with E-state index in [-0.39, 0.29) is 11.1 Å². The molecule has 90 valence electrons. The molecule has 0 N–H and O–H groups in total. The highest BCUT2D eigenvalue weighted by Crippen LogP contribution is 2.26. The van der Waals surface area contributed by atoms with E-state index in [9.17, 15) is 18.0 Å². The molecular weight excluding hydrogens is 242 g/mol. The summed E-state index contributed by atoms with van der Waals surface area (Å²) in [5.41, 5.74) is 0.281. The van der Waals surface area contributed by atoms with Gasteiger partial charge in [-0.25, -0.2) is 8.42 Å². The van der Waals surface area contributed by atoms with E-state index in [0.717, 1.165) is 0 Å². The van der Waals surface area contributed by atoms with Crippen LogP contribution in [0.2, 0.25) is 0 Å². The van der Waals surface area contributed by atoms with Crippen molar-refractivity contribution in [1.29, 1.82) is 0 Å². The summed E-state index contributed by atoms with van der Waals surface area (Å²) >= 11 is 0. The fraction of sp³-hybridized carbons (Fsp3) is 0.273. The normalized spacial score (nSPS) is 15.6. The van der Waals surface area contributed by atoms with E-state index < -0.39 is 27.1 Å². The number of rotatable bonds is 2. The first-order valence-corrected chi connectivity index (χ1v) is 6.59. The predicted octanol–water partition coefficient (Wildman–Crippen LogP) is 1.02. The Morgan fingerprint density at radius 1 is 1.00 bits per heavy atom. The summed E-state index contributed by atoms with van der Waals surface area (Å²) in [6.07, 6.45) is 0. The molecule has 5 nitrogen and oxygen atoms in total. The molecule has 1 aliphatic heterocycles. The molecule has 6 heteroatoms. The molecule has 1 aromatic rings. The average Bonchev–Trinajstić information content (AvgIpc) is 2.52. The van der Waals surface area contributed by atoms with Crippen molar-refractivity contribution < 1.29 is 18.0 Å². The standard InChI is InChI=1S/C11H11NO4S/c1-7(2)17(15,16)12-10(13)8-5-3-4-6-9(8)11(12)14/h3-7H,1-2H3. The zero-order valence-corrected chi connectivity index (χ0v) is 10.2. The Balaban J connectivity index is 2.59. The summed E-state index contributed by atoms with van der Waals surface area (Å²) in [6.45, 7) is 2.86. The van der Waals surface area contributed by atoms with Crippen molar-refractivity contribution in [1.82, 2.24) is 4.31 Å². The Kier molecular flexibility index (Phi) is 2.54. The summed E-state index contributed by atoms with van der Waals surface area (Å²) in [7, 11) is -3.91. The summed E-state index contributed by atoms with van der Waals surface area (Å²) in [6, 6.07) is 6.09. The zero-order chi connectivity index (χ0) is 12.8. The lowest BCUT2D eigenvalue weighted by Crippen LogP contribution is -2.40. The van der Waals surface area contributed by atoms with Crippen molar-refractivity contribution in [3.8, 4) is 0 Å². The van der Waals surface area contributed by atoms with Crippen LogP contribution in [0.3, 0.4) is 0 Å². The first-order chi connectivity index (χ1) is 7.87. The number of benzene rings is 1. The molecule has 1 aliphatic rings. The lowest BCUT2D eigenvalue weighted by Gasteiger charge is -2.16. The highest BCUT2D eigenvalue weighted by Gasteiger charge is 2.44. The maximum absolute atomic E-state index is 11.9. The van der Waals surface area contributed by atoms with E-state index in [1.807, 2.05) is 0 Å². The zero-order valence-electron chi connectivity index (χ0n) is 9.38. The summed E-state index contributed by atoms with van der Waals surface area (Å²) < 4.78 is 24.2. The second kappa shape index (κ2) is 3.66. The molecule has 0 fully saturated rings. The molecule has 0 aliphatic carbocycles. The number of nitrogens with zero attached hydrogens (tertiary/aromatic N) is 1. The Bertz CT molecular complexity index is 569. The third-order valence-electron chi connectivity index (χ3n) is 2.61. The van der Waals surface area contributed by atoms with E-state index >= 15 is 0 Å². The number of hydrogen-bond acceptors (Lipinski definition) is 4. The number of carbonyl (C=O) groups excluding carboxylic acids is 2. The van der Waals surface area contributed by atoms with Crippen molar-refractivity contribution in [2.24, 2.45) is 0 Å². The molecule has 0 bridgehead atoms. The first-order valence-electron chi connectivity index (χ1n) is 5.09. The van der Waals surface area contributed by atoms with Crippen molar-refractivity contribution in [2.75, 3.05) is 0 Å². The molecule has 1 aromatic carbocycles. The Hall–Kier alpha value is -1.69. The maximum Gasteiger partial charge on any atom is 0.275 e. The van der Waals surface area contributed by atoms with Crippen LogP contribution in [0.5, 0.6) is 0 Å². The minimum absolute atomic E-state index is 0.140. The number of sulfonamides is 1. The molecule has 2 amide bonds. The Morgan fingerprint density at radius 2 is 1.41 bits per heavy atom. The molecule has 0 atom stereocenters. The molecule has 0 aromatic heterocycles. The van der Waals surface area contributed by atoms with Crippen molar-refractivity contribution in [2.45, 2.75) is 19.1 Å². The third-order valence-corrected chi connectivity index (χ3v) is 4.64. The Morgan fingerprint density at radius 3 is 1.76 bits per heavy atom. The van der Waals surface area contributed by atoms with Crippen LogP contribution in [0.1, 0.15) is 34.6 Å². The summed E-state index contributed by atoms with van der Waals surface area (Å²) in [5, 5.41) is -0.815. The van der Waals surface area contributed by atoms with Crippen LogP contribution < -0.4 is 0 Å². The van der Waals surface area contributed by atoms with E-state index in [1.165, 1.54) is 26.0 Å². The second-order valence-electron chi connectivity index (χ2n) is 4.01. The third kappa shape index (κ3) is 1.56. The van der Waals surface area contributed by atoms with Crippen LogP contribution in [0, 0.1) is 0 Å². The fourth-order valence-electron chi connectivity index (χ4n) is 1.61. The number of imide groups is 1.